The Kier molecular flexibility index (Phi) is 3.23. The van der Waals surface area contributed by atoms with Gasteiger partial charge in [0.1, 0.15) is 17.7 Å². The van der Waals surface area contributed by atoms with Gasteiger partial charge in [-0.15, -0.1) is 0 Å². The zero-order valence-corrected chi connectivity index (χ0v) is 11.7. The molecule has 0 amide bonds. The molecule has 1 saturated carbocycles. The topological polar surface area (TPSA) is 75.5 Å². The van der Waals surface area contributed by atoms with Crippen molar-refractivity contribution in [3.63, 3.8) is 0 Å². The van der Waals surface area contributed by atoms with Crippen molar-refractivity contribution in [1.29, 1.82) is 0 Å². The maximum Gasteiger partial charge on any atom is 0.326 e. The summed E-state index contributed by atoms with van der Waals surface area (Å²) in [6.45, 7) is 2.56. The molecule has 1 aromatic heterocycles. The van der Waals surface area contributed by atoms with Crippen LogP contribution in [0, 0.1) is 18.8 Å². The van der Waals surface area contributed by atoms with E-state index in [1.165, 1.54) is 0 Å². The van der Waals surface area contributed by atoms with Gasteiger partial charge < -0.3 is 14.7 Å². The van der Waals surface area contributed by atoms with Gasteiger partial charge >= 0.3 is 5.97 Å². The molecule has 1 aromatic rings. The molecule has 0 bridgehead atoms. The highest BCUT2D eigenvalue weighted by Gasteiger charge is 2.48. The molecule has 6 nitrogen and oxygen atoms in total. The number of aromatic nitrogens is 2. The molecule has 1 N–H and O–H groups in total. The Morgan fingerprint density at radius 3 is 2.95 bits per heavy atom. The highest BCUT2D eigenvalue weighted by Crippen LogP contribution is 2.43. The van der Waals surface area contributed by atoms with Gasteiger partial charge in [-0.05, 0) is 31.6 Å². The van der Waals surface area contributed by atoms with Crippen LogP contribution in [0.5, 0.6) is 5.88 Å². The molecule has 0 aromatic carbocycles. The average Bonchev–Trinajstić information content (AvgIpc) is 2.96. The molecular formula is C14H19N3O3. The van der Waals surface area contributed by atoms with Crippen LogP contribution < -0.4 is 9.64 Å². The van der Waals surface area contributed by atoms with Crippen LogP contribution in [0.1, 0.15) is 25.1 Å². The summed E-state index contributed by atoms with van der Waals surface area (Å²) in [4.78, 5) is 22.1. The van der Waals surface area contributed by atoms with E-state index in [2.05, 4.69) is 9.97 Å². The molecule has 2 heterocycles. The molecule has 1 saturated heterocycles. The van der Waals surface area contributed by atoms with Gasteiger partial charge in [0.2, 0.25) is 5.88 Å². The summed E-state index contributed by atoms with van der Waals surface area (Å²) in [6, 6.07) is 1.26. The fourth-order valence-corrected chi connectivity index (χ4v) is 3.63. The minimum atomic E-state index is -0.755. The van der Waals surface area contributed by atoms with E-state index in [0.717, 1.165) is 25.8 Å². The smallest absolute Gasteiger partial charge is 0.326 e. The Morgan fingerprint density at radius 2 is 2.25 bits per heavy atom. The number of fused-ring (bicyclic) bond motifs is 1. The van der Waals surface area contributed by atoms with Crippen molar-refractivity contribution in [2.24, 2.45) is 11.8 Å². The van der Waals surface area contributed by atoms with Crippen LogP contribution in [0.15, 0.2) is 6.07 Å². The van der Waals surface area contributed by atoms with Crippen molar-refractivity contribution in [2.45, 2.75) is 32.2 Å². The van der Waals surface area contributed by atoms with Crippen molar-refractivity contribution in [3.8, 4) is 5.88 Å². The van der Waals surface area contributed by atoms with Gasteiger partial charge in [0.25, 0.3) is 0 Å². The van der Waals surface area contributed by atoms with Gasteiger partial charge in [0, 0.05) is 12.6 Å². The van der Waals surface area contributed by atoms with E-state index in [4.69, 9.17) is 4.74 Å². The predicted octanol–water partition coefficient (Wildman–Crippen LogP) is 1.48. The SMILES string of the molecule is COc1cc(N2CC3CCCC3C2C(=O)O)nc(C)n1. The molecular weight excluding hydrogens is 258 g/mol. The normalized spacial score (nSPS) is 28.5. The van der Waals surface area contributed by atoms with Gasteiger partial charge in [0.15, 0.2) is 0 Å². The first-order chi connectivity index (χ1) is 9.60. The van der Waals surface area contributed by atoms with E-state index in [1.54, 1.807) is 20.1 Å². The number of rotatable bonds is 3. The number of carbonyl (C=O) groups is 1. The lowest BCUT2D eigenvalue weighted by Crippen LogP contribution is -2.40. The number of aliphatic carboxylic acids is 1. The number of nitrogens with zero attached hydrogens (tertiary/aromatic N) is 3. The lowest BCUT2D eigenvalue weighted by atomic mass is 9.94. The monoisotopic (exact) mass is 277 g/mol. The number of anilines is 1. The van der Waals surface area contributed by atoms with Gasteiger partial charge in [0.05, 0.1) is 7.11 Å². The number of hydrogen-bond acceptors (Lipinski definition) is 5. The quantitative estimate of drug-likeness (QED) is 0.902. The number of carboxylic acids is 1. The lowest BCUT2D eigenvalue weighted by Gasteiger charge is -2.25. The zero-order valence-electron chi connectivity index (χ0n) is 11.7. The zero-order chi connectivity index (χ0) is 14.3. The Morgan fingerprint density at radius 1 is 1.45 bits per heavy atom. The van der Waals surface area contributed by atoms with Crippen molar-refractivity contribution in [2.75, 3.05) is 18.6 Å². The molecule has 6 heteroatoms. The first kappa shape index (κ1) is 13.1. The van der Waals surface area contributed by atoms with E-state index >= 15 is 0 Å². The summed E-state index contributed by atoms with van der Waals surface area (Å²) in [5.74, 6) is 1.70. The van der Waals surface area contributed by atoms with Crippen LogP contribution in [0.25, 0.3) is 0 Å². The molecule has 1 aliphatic heterocycles. The van der Waals surface area contributed by atoms with Crippen LogP contribution in [0.4, 0.5) is 5.82 Å². The summed E-state index contributed by atoms with van der Waals surface area (Å²) < 4.78 is 5.16. The fraction of sp³-hybridized carbons (Fsp3) is 0.643. The molecule has 1 aliphatic carbocycles. The number of carboxylic acid groups (broad SMARTS) is 1. The second kappa shape index (κ2) is 4.92. The minimum Gasteiger partial charge on any atom is -0.481 e. The van der Waals surface area contributed by atoms with E-state index < -0.39 is 12.0 Å². The van der Waals surface area contributed by atoms with E-state index in [-0.39, 0.29) is 5.92 Å². The van der Waals surface area contributed by atoms with Crippen molar-refractivity contribution in [3.05, 3.63) is 11.9 Å². The Hall–Kier alpha value is -1.85. The number of hydrogen-bond donors (Lipinski definition) is 1. The van der Waals surface area contributed by atoms with Gasteiger partial charge in [-0.3, -0.25) is 0 Å². The van der Waals surface area contributed by atoms with E-state index in [9.17, 15) is 9.90 Å². The number of methoxy groups -OCH3 is 1. The predicted molar refractivity (Wildman–Crippen MR) is 72.9 cm³/mol. The Bertz CT molecular complexity index is 534. The third kappa shape index (κ3) is 2.09. The molecule has 20 heavy (non-hydrogen) atoms. The molecule has 3 atom stereocenters. The molecule has 3 unspecified atom stereocenters. The maximum atomic E-state index is 11.7. The first-order valence-electron chi connectivity index (χ1n) is 6.99. The van der Waals surface area contributed by atoms with E-state index in [0.29, 0.717) is 23.4 Å². The minimum absolute atomic E-state index is 0.244. The Labute approximate surface area is 117 Å². The third-order valence-corrected chi connectivity index (χ3v) is 4.45. The molecule has 0 radical (unpaired) electrons. The average molecular weight is 277 g/mol. The van der Waals surface area contributed by atoms with Crippen molar-refractivity contribution in [1.82, 2.24) is 9.97 Å². The van der Waals surface area contributed by atoms with E-state index in [1.807, 2.05) is 4.90 Å². The summed E-state index contributed by atoms with van der Waals surface area (Å²) in [5.41, 5.74) is 0. The molecule has 0 spiro atoms. The third-order valence-electron chi connectivity index (χ3n) is 4.45. The standard InChI is InChI=1S/C14H19N3O3/c1-8-15-11(6-12(16-8)20-2)17-7-9-4-3-5-10(9)13(17)14(18)19/h6,9-10,13H,3-5,7H2,1-2H3,(H,18,19). The molecule has 2 aliphatic rings. The molecule has 2 fully saturated rings. The lowest BCUT2D eigenvalue weighted by molar-refractivity contribution is -0.139. The van der Waals surface area contributed by atoms with Gasteiger partial charge in [-0.1, -0.05) is 6.42 Å². The van der Waals surface area contributed by atoms with Crippen molar-refractivity contribution < 1.29 is 14.6 Å². The molecule has 108 valence electrons. The highest BCUT2D eigenvalue weighted by atomic mass is 16.5. The summed E-state index contributed by atoms with van der Waals surface area (Å²) in [6.07, 6.45) is 3.25. The summed E-state index contributed by atoms with van der Waals surface area (Å²) in [7, 11) is 1.55. The number of aryl methyl sites for hydroxylation is 1. The number of ether oxygens (including phenoxy) is 1. The Balaban J connectivity index is 1.96. The van der Waals surface area contributed by atoms with Crippen LogP contribution in [0.2, 0.25) is 0 Å². The highest BCUT2D eigenvalue weighted by molar-refractivity contribution is 5.79. The summed E-state index contributed by atoms with van der Waals surface area (Å²) in [5, 5.41) is 9.57. The largest absolute Gasteiger partial charge is 0.481 e. The van der Waals surface area contributed by atoms with Crippen LogP contribution >= 0.6 is 0 Å². The van der Waals surface area contributed by atoms with Crippen molar-refractivity contribution >= 4 is 11.8 Å². The summed E-state index contributed by atoms with van der Waals surface area (Å²) >= 11 is 0. The molecule has 3 rings (SSSR count). The first-order valence-corrected chi connectivity index (χ1v) is 6.99. The second-order valence-electron chi connectivity index (χ2n) is 5.61. The second-order valence-corrected chi connectivity index (χ2v) is 5.61. The fourth-order valence-electron chi connectivity index (χ4n) is 3.63. The van der Waals surface area contributed by atoms with Crippen LogP contribution in [-0.4, -0.2) is 40.7 Å². The van der Waals surface area contributed by atoms with Gasteiger partial charge in [-0.2, -0.15) is 4.98 Å². The van der Waals surface area contributed by atoms with Gasteiger partial charge in [-0.25, -0.2) is 9.78 Å². The van der Waals surface area contributed by atoms with Crippen LogP contribution in [0.3, 0.4) is 0 Å². The van der Waals surface area contributed by atoms with Crippen LogP contribution in [-0.2, 0) is 4.79 Å². The maximum absolute atomic E-state index is 11.7.